The molecule has 2 fully saturated rings. The molecule has 0 unspecified atom stereocenters. The SMILES string of the molecule is Cc1nc2c(F)cc(-c3cc(Nc4ncc(CN5CCC[C@@H]6CNC[C@@H]65)cn4)ncc3F)cc2n1C(C)C. The maximum absolute atomic E-state index is 15.0. The highest BCUT2D eigenvalue weighted by molar-refractivity contribution is 5.84. The van der Waals surface area contributed by atoms with E-state index in [-0.39, 0.29) is 17.1 Å². The minimum absolute atomic E-state index is 0.0838. The molecule has 0 radical (unpaired) electrons. The van der Waals surface area contributed by atoms with Crippen LogP contribution in [0.4, 0.5) is 20.5 Å². The maximum Gasteiger partial charge on any atom is 0.228 e. The molecule has 5 heterocycles. The first-order valence-electron chi connectivity index (χ1n) is 13.2. The van der Waals surface area contributed by atoms with Crippen LogP contribution in [0, 0.1) is 24.5 Å². The summed E-state index contributed by atoms with van der Waals surface area (Å²) >= 11 is 0. The molecule has 0 spiro atoms. The molecular formula is C28H32F2N8. The minimum Gasteiger partial charge on any atom is -0.326 e. The first-order valence-corrected chi connectivity index (χ1v) is 13.2. The van der Waals surface area contributed by atoms with Crippen LogP contribution in [0.3, 0.4) is 0 Å². The topological polar surface area (TPSA) is 83.8 Å². The smallest absolute Gasteiger partial charge is 0.228 e. The van der Waals surface area contributed by atoms with Gasteiger partial charge in [0.05, 0.1) is 11.7 Å². The molecule has 2 N–H and O–H groups in total. The van der Waals surface area contributed by atoms with Crippen molar-refractivity contribution in [2.24, 2.45) is 5.92 Å². The molecule has 2 saturated heterocycles. The summed E-state index contributed by atoms with van der Waals surface area (Å²) in [6.07, 6.45) is 7.29. The van der Waals surface area contributed by atoms with Crippen molar-refractivity contribution in [2.75, 3.05) is 25.0 Å². The Labute approximate surface area is 220 Å². The van der Waals surface area contributed by atoms with Crippen molar-refractivity contribution >= 4 is 22.8 Å². The number of hydrogen-bond acceptors (Lipinski definition) is 7. The summed E-state index contributed by atoms with van der Waals surface area (Å²) in [7, 11) is 0. The van der Waals surface area contributed by atoms with E-state index in [1.54, 1.807) is 12.1 Å². The molecule has 38 heavy (non-hydrogen) atoms. The summed E-state index contributed by atoms with van der Waals surface area (Å²) in [6, 6.07) is 5.31. The Bertz CT molecular complexity index is 1470. The van der Waals surface area contributed by atoms with E-state index in [4.69, 9.17) is 0 Å². The fourth-order valence-electron chi connectivity index (χ4n) is 6.01. The van der Waals surface area contributed by atoms with Gasteiger partial charge in [-0.2, -0.15) is 0 Å². The van der Waals surface area contributed by atoms with Crippen LogP contribution >= 0.6 is 0 Å². The number of nitrogens with one attached hydrogen (secondary N) is 2. The van der Waals surface area contributed by atoms with Crippen molar-refractivity contribution in [1.29, 1.82) is 0 Å². The number of benzene rings is 1. The van der Waals surface area contributed by atoms with Gasteiger partial charge in [-0.25, -0.2) is 28.7 Å². The molecule has 198 valence electrons. The average molecular weight is 519 g/mol. The largest absolute Gasteiger partial charge is 0.326 e. The minimum atomic E-state index is -0.542. The predicted molar refractivity (Wildman–Crippen MR) is 143 cm³/mol. The van der Waals surface area contributed by atoms with E-state index in [1.165, 1.54) is 18.9 Å². The van der Waals surface area contributed by atoms with Crippen molar-refractivity contribution in [1.82, 2.24) is 34.7 Å². The lowest BCUT2D eigenvalue weighted by atomic mass is 9.92. The number of pyridine rings is 1. The van der Waals surface area contributed by atoms with Crippen molar-refractivity contribution in [3.05, 3.63) is 59.8 Å². The Morgan fingerprint density at radius 3 is 2.66 bits per heavy atom. The third kappa shape index (κ3) is 4.63. The second-order valence-corrected chi connectivity index (χ2v) is 10.6. The Hall–Kier alpha value is -3.50. The van der Waals surface area contributed by atoms with Crippen LogP contribution < -0.4 is 10.6 Å². The number of hydrogen-bond donors (Lipinski definition) is 2. The monoisotopic (exact) mass is 518 g/mol. The number of anilines is 2. The lowest BCUT2D eigenvalue weighted by molar-refractivity contribution is 0.117. The highest BCUT2D eigenvalue weighted by Crippen LogP contribution is 2.32. The number of aromatic nitrogens is 5. The van der Waals surface area contributed by atoms with Crippen LogP contribution in [-0.4, -0.2) is 55.1 Å². The van der Waals surface area contributed by atoms with E-state index in [0.29, 0.717) is 34.7 Å². The lowest BCUT2D eigenvalue weighted by Gasteiger charge is -2.36. The van der Waals surface area contributed by atoms with Crippen LogP contribution in [0.15, 0.2) is 36.8 Å². The Morgan fingerprint density at radius 1 is 1.05 bits per heavy atom. The molecule has 6 rings (SSSR count). The second kappa shape index (κ2) is 9.99. The number of rotatable bonds is 6. The zero-order chi connectivity index (χ0) is 26.4. The van der Waals surface area contributed by atoms with Gasteiger partial charge in [-0.1, -0.05) is 0 Å². The molecule has 0 aliphatic carbocycles. The zero-order valence-electron chi connectivity index (χ0n) is 21.9. The Kier molecular flexibility index (Phi) is 6.53. The van der Waals surface area contributed by atoms with Gasteiger partial charge in [0.2, 0.25) is 5.95 Å². The van der Waals surface area contributed by atoms with Gasteiger partial charge in [0, 0.05) is 48.7 Å². The van der Waals surface area contributed by atoms with Crippen LogP contribution in [-0.2, 0) is 6.54 Å². The number of piperidine rings is 1. The highest BCUT2D eigenvalue weighted by atomic mass is 19.1. The maximum atomic E-state index is 15.0. The summed E-state index contributed by atoms with van der Waals surface area (Å²) in [6.45, 7) is 9.92. The van der Waals surface area contributed by atoms with Crippen LogP contribution in [0.5, 0.6) is 0 Å². The van der Waals surface area contributed by atoms with Gasteiger partial charge < -0.3 is 15.2 Å². The average Bonchev–Trinajstić information content (AvgIpc) is 3.51. The summed E-state index contributed by atoms with van der Waals surface area (Å²) in [5.74, 6) is 1.15. The van der Waals surface area contributed by atoms with Gasteiger partial charge in [0.15, 0.2) is 5.82 Å². The molecule has 4 aromatic rings. The van der Waals surface area contributed by atoms with Gasteiger partial charge >= 0.3 is 0 Å². The molecule has 2 atom stereocenters. The fourth-order valence-corrected chi connectivity index (χ4v) is 6.01. The first kappa shape index (κ1) is 24.8. The molecule has 0 saturated carbocycles. The molecule has 8 nitrogen and oxygen atoms in total. The summed E-state index contributed by atoms with van der Waals surface area (Å²) in [5, 5.41) is 6.58. The van der Waals surface area contributed by atoms with Crippen molar-refractivity contribution in [2.45, 2.75) is 52.2 Å². The van der Waals surface area contributed by atoms with Gasteiger partial charge in [-0.3, -0.25) is 4.90 Å². The van der Waals surface area contributed by atoms with Crippen LogP contribution in [0.2, 0.25) is 0 Å². The molecule has 2 aliphatic rings. The second-order valence-electron chi connectivity index (χ2n) is 10.6. The molecule has 1 aromatic carbocycles. The van der Waals surface area contributed by atoms with Gasteiger partial charge in [0.1, 0.15) is 23.0 Å². The molecule has 2 aliphatic heterocycles. The number of halogens is 2. The molecule has 0 bridgehead atoms. The lowest BCUT2D eigenvalue weighted by Crippen LogP contribution is -2.44. The highest BCUT2D eigenvalue weighted by Gasteiger charge is 2.34. The standard InChI is InChI=1S/C28H32F2N8/c1-16(2)38-17(3)35-27-22(29)7-20(8-24(27)38)21-9-26(32-13-23(21)30)36-28-33-10-18(11-34-28)15-37-6-4-5-19-12-31-14-25(19)37/h7-11,13,16,19,25,31H,4-6,12,14-15H2,1-3H3,(H,32,33,34,36)/t19-,25+/m1/s1. The molecule has 10 heteroatoms. The molecular weight excluding hydrogens is 486 g/mol. The first-order chi connectivity index (χ1) is 18.4. The van der Waals surface area contributed by atoms with Gasteiger partial charge in [-0.05, 0) is 76.4 Å². The summed E-state index contributed by atoms with van der Waals surface area (Å²) in [5.41, 5.74) is 2.61. The van der Waals surface area contributed by atoms with E-state index >= 15 is 0 Å². The number of imidazole rings is 1. The van der Waals surface area contributed by atoms with Gasteiger partial charge in [-0.15, -0.1) is 0 Å². The quantitative estimate of drug-likeness (QED) is 0.372. The molecule has 0 amide bonds. The van der Waals surface area contributed by atoms with E-state index in [9.17, 15) is 8.78 Å². The van der Waals surface area contributed by atoms with Crippen molar-refractivity contribution in [3.8, 4) is 11.1 Å². The normalized spacial score (nSPS) is 19.8. The predicted octanol–water partition coefficient (Wildman–Crippen LogP) is 4.98. The number of fused-ring (bicyclic) bond motifs is 2. The number of aryl methyl sites for hydroxylation is 1. The van der Waals surface area contributed by atoms with E-state index < -0.39 is 11.6 Å². The summed E-state index contributed by atoms with van der Waals surface area (Å²) < 4.78 is 31.8. The van der Waals surface area contributed by atoms with E-state index in [1.807, 2.05) is 37.7 Å². The van der Waals surface area contributed by atoms with Crippen molar-refractivity contribution < 1.29 is 8.78 Å². The zero-order valence-corrected chi connectivity index (χ0v) is 21.9. The number of likely N-dealkylation sites (tertiary alicyclic amines) is 1. The fraction of sp³-hybridized carbons (Fsp3) is 0.429. The molecule has 3 aromatic heterocycles. The van der Waals surface area contributed by atoms with Crippen LogP contribution in [0.1, 0.15) is 44.1 Å². The van der Waals surface area contributed by atoms with E-state index in [2.05, 4.69) is 35.5 Å². The Morgan fingerprint density at radius 2 is 1.87 bits per heavy atom. The third-order valence-corrected chi connectivity index (χ3v) is 7.73. The summed E-state index contributed by atoms with van der Waals surface area (Å²) in [4.78, 5) is 20.0. The van der Waals surface area contributed by atoms with Crippen molar-refractivity contribution in [3.63, 3.8) is 0 Å². The van der Waals surface area contributed by atoms with Gasteiger partial charge in [0.25, 0.3) is 0 Å². The Balaban J connectivity index is 1.22. The number of nitrogens with zero attached hydrogens (tertiary/aromatic N) is 6. The third-order valence-electron chi connectivity index (χ3n) is 7.73. The van der Waals surface area contributed by atoms with E-state index in [0.717, 1.165) is 43.9 Å². The van der Waals surface area contributed by atoms with Crippen LogP contribution in [0.25, 0.3) is 22.2 Å².